The Morgan fingerprint density at radius 1 is 1.17 bits per heavy atom. The Morgan fingerprint density at radius 3 is 2.83 bits per heavy atom. The van der Waals surface area contributed by atoms with E-state index in [1.807, 2.05) is 55.6 Å². The van der Waals surface area contributed by atoms with Gasteiger partial charge in [-0.3, -0.25) is 9.78 Å². The molecule has 4 nitrogen and oxygen atoms in total. The molecule has 0 aliphatic rings. The van der Waals surface area contributed by atoms with Gasteiger partial charge in [-0.05, 0) is 43.2 Å². The van der Waals surface area contributed by atoms with Gasteiger partial charge in [0, 0.05) is 30.1 Å². The zero-order valence-electron chi connectivity index (χ0n) is 13.7. The number of hydrogen-bond acceptors (Lipinski definition) is 4. The van der Waals surface area contributed by atoms with Crippen molar-refractivity contribution >= 4 is 22.9 Å². The van der Waals surface area contributed by atoms with Gasteiger partial charge in [-0.1, -0.05) is 18.2 Å². The number of aromatic nitrogens is 2. The Bertz CT molecular complexity index is 843. The number of nitrogens with one attached hydrogen (secondary N) is 1. The summed E-state index contributed by atoms with van der Waals surface area (Å²) in [5.74, 6) is 0.0123. The Hall–Kier alpha value is -2.53. The Balaban J connectivity index is 1.59. The number of amides is 1. The zero-order chi connectivity index (χ0) is 16.9. The lowest BCUT2D eigenvalue weighted by molar-refractivity contribution is -0.116. The normalized spacial score (nSPS) is 10.6. The van der Waals surface area contributed by atoms with Crippen LogP contribution in [0, 0.1) is 13.8 Å². The second-order valence-electron chi connectivity index (χ2n) is 5.71. The molecule has 0 aliphatic carbocycles. The highest BCUT2D eigenvalue weighted by Gasteiger charge is 2.09. The molecule has 0 fully saturated rings. The number of hydrogen-bond donors (Lipinski definition) is 1. The average molecular weight is 337 g/mol. The molecule has 1 amide bonds. The minimum absolute atomic E-state index is 0.0123. The van der Waals surface area contributed by atoms with Gasteiger partial charge in [0.25, 0.3) is 0 Å². The first-order valence-corrected chi connectivity index (χ1v) is 8.73. The van der Waals surface area contributed by atoms with Crippen LogP contribution in [-0.4, -0.2) is 15.9 Å². The van der Waals surface area contributed by atoms with Crippen molar-refractivity contribution in [3.05, 3.63) is 64.1 Å². The quantitative estimate of drug-likeness (QED) is 0.751. The number of anilines is 1. The van der Waals surface area contributed by atoms with Crippen molar-refractivity contribution in [2.24, 2.45) is 0 Å². The average Bonchev–Trinajstić information content (AvgIpc) is 3.06. The van der Waals surface area contributed by atoms with Crippen LogP contribution in [0.15, 0.2) is 48.0 Å². The van der Waals surface area contributed by atoms with Crippen LogP contribution in [-0.2, 0) is 11.2 Å². The van der Waals surface area contributed by atoms with E-state index in [1.54, 1.807) is 17.5 Å². The summed E-state index contributed by atoms with van der Waals surface area (Å²) in [6, 6.07) is 11.8. The molecular weight excluding hydrogens is 318 g/mol. The summed E-state index contributed by atoms with van der Waals surface area (Å²) in [4.78, 5) is 21.0. The van der Waals surface area contributed by atoms with Gasteiger partial charge < -0.3 is 5.32 Å². The maximum Gasteiger partial charge on any atom is 0.224 e. The molecule has 5 heteroatoms. The molecule has 3 rings (SSSR count). The fraction of sp³-hybridized carbons (Fsp3) is 0.211. The van der Waals surface area contributed by atoms with Gasteiger partial charge in [0.05, 0.1) is 16.4 Å². The third-order valence-electron chi connectivity index (χ3n) is 3.71. The molecule has 1 aromatic carbocycles. The van der Waals surface area contributed by atoms with E-state index in [1.165, 1.54) is 0 Å². The van der Waals surface area contributed by atoms with Crippen LogP contribution in [0.5, 0.6) is 0 Å². The van der Waals surface area contributed by atoms with Crippen LogP contribution in [0.2, 0.25) is 0 Å². The fourth-order valence-corrected chi connectivity index (χ4v) is 3.15. The molecule has 0 radical (unpaired) electrons. The number of aryl methyl sites for hydroxylation is 3. The predicted molar refractivity (Wildman–Crippen MR) is 98.2 cm³/mol. The van der Waals surface area contributed by atoms with E-state index < -0.39 is 0 Å². The lowest BCUT2D eigenvalue weighted by Gasteiger charge is -2.08. The van der Waals surface area contributed by atoms with Gasteiger partial charge in [-0.25, -0.2) is 4.98 Å². The third kappa shape index (κ3) is 4.06. The summed E-state index contributed by atoms with van der Waals surface area (Å²) in [5.41, 5.74) is 4.81. The van der Waals surface area contributed by atoms with E-state index in [4.69, 9.17) is 0 Å². The van der Waals surface area contributed by atoms with E-state index in [2.05, 4.69) is 15.3 Å². The first-order valence-electron chi connectivity index (χ1n) is 7.85. The second kappa shape index (κ2) is 7.36. The van der Waals surface area contributed by atoms with Crippen LogP contribution < -0.4 is 5.32 Å². The molecule has 24 heavy (non-hydrogen) atoms. The summed E-state index contributed by atoms with van der Waals surface area (Å²) < 4.78 is 0. The van der Waals surface area contributed by atoms with E-state index in [9.17, 15) is 4.79 Å². The Morgan fingerprint density at radius 2 is 2.04 bits per heavy atom. The molecule has 1 N–H and O–H groups in total. The molecule has 2 heterocycles. The topological polar surface area (TPSA) is 54.9 Å². The van der Waals surface area contributed by atoms with Crippen LogP contribution in [0.3, 0.4) is 0 Å². The maximum absolute atomic E-state index is 12.2. The monoisotopic (exact) mass is 337 g/mol. The van der Waals surface area contributed by atoms with Crippen molar-refractivity contribution in [1.82, 2.24) is 9.97 Å². The lowest BCUT2D eigenvalue weighted by Crippen LogP contribution is -2.13. The molecule has 3 aromatic rings. The maximum atomic E-state index is 12.2. The Kier molecular flexibility index (Phi) is 5.01. The second-order valence-corrected chi connectivity index (χ2v) is 6.65. The number of carbonyl (C=O) groups excluding carboxylic acids is 1. The molecule has 122 valence electrons. The van der Waals surface area contributed by atoms with E-state index in [0.29, 0.717) is 12.8 Å². The molecule has 0 unspecified atom stereocenters. The minimum atomic E-state index is 0.0123. The number of pyridine rings is 1. The van der Waals surface area contributed by atoms with Gasteiger partial charge in [0.1, 0.15) is 0 Å². The summed E-state index contributed by atoms with van der Waals surface area (Å²) in [6.45, 7) is 4.01. The fourth-order valence-electron chi connectivity index (χ4n) is 2.36. The van der Waals surface area contributed by atoms with Crippen molar-refractivity contribution in [3.8, 4) is 11.4 Å². The standard InChI is InChI=1S/C19H19N3OS/c1-13-6-7-14(2)16(11-13)21-18(23)8-9-19-22-17(12-24-19)15-5-3-4-10-20-15/h3-7,10-12H,8-9H2,1-2H3,(H,21,23). The zero-order valence-corrected chi connectivity index (χ0v) is 14.6. The molecule has 2 aromatic heterocycles. The van der Waals surface area contributed by atoms with Gasteiger partial charge in [-0.15, -0.1) is 11.3 Å². The highest BCUT2D eigenvalue weighted by atomic mass is 32.1. The summed E-state index contributed by atoms with van der Waals surface area (Å²) in [7, 11) is 0. The molecule has 0 saturated carbocycles. The van der Waals surface area contributed by atoms with Crippen molar-refractivity contribution in [2.75, 3.05) is 5.32 Å². The SMILES string of the molecule is Cc1ccc(C)c(NC(=O)CCc2nc(-c3ccccn3)cs2)c1. The van der Waals surface area contributed by atoms with Gasteiger partial charge in [0.2, 0.25) is 5.91 Å². The van der Waals surface area contributed by atoms with Gasteiger partial charge in [0.15, 0.2) is 0 Å². The number of thiazole rings is 1. The smallest absolute Gasteiger partial charge is 0.224 e. The number of benzene rings is 1. The lowest BCUT2D eigenvalue weighted by atomic mass is 10.1. The van der Waals surface area contributed by atoms with Crippen LogP contribution in [0.25, 0.3) is 11.4 Å². The number of nitrogens with zero attached hydrogens (tertiary/aromatic N) is 2. The molecule has 0 bridgehead atoms. The number of carbonyl (C=O) groups is 1. The van der Waals surface area contributed by atoms with E-state index >= 15 is 0 Å². The molecule has 0 saturated heterocycles. The molecule has 0 aliphatic heterocycles. The van der Waals surface area contributed by atoms with Crippen molar-refractivity contribution in [1.29, 1.82) is 0 Å². The highest BCUT2D eigenvalue weighted by Crippen LogP contribution is 2.21. The summed E-state index contributed by atoms with van der Waals surface area (Å²) in [6.07, 6.45) is 2.81. The van der Waals surface area contributed by atoms with E-state index in [-0.39, 0.29) is 5.91 Å². The molecule has 0 spiro atoms. The van der Waals surface area contributed by atoms with Crippen LogP contribution in [0.1, 0.15) is 22.6 Å². The van der Waals surface area contributed by atoms with Crippen molar-refractivity contribution < 1.29 is 4.79 Å². The highest BCUT2D eigenvalue weighted by molar-refractivity contribution is 7.09. The van der Waals surface area contributed by atoms with Crippen LogP contribution in [0.4, 0.5) is 5.69 Å². The predicted octanol–water partition coefficient (Wildman–Crippen LogP) is 4.39. The van der Waals surface area contributed by atoms with Crippen LogP contribution >= 0.6 is 11.3 Å². The number of rotatable bonds is 5. The van der Waals surface area contributed by atoms with E-state index in [0.717, 1.165) is 33.2 Å². The first kappa shape index (κ1) is 16.3. The molecular formula is C19H19N3OS. The summed E-state index contributed by atoms with van der Waals surface area (Å²) >= 11 is 1.57. The Labute approximate surface area is 145 Å². The first-order chi connectivity index (χ1) is 11.6. The third-order valence-corrected chi connectivity index (χ3v) is 4.62. The molecule has 0 atom stereocenters. The van der Waals surface area contributed by atoms with Crippen molar-refractivity contribution in [2.45, 2.75) is 26.7 Å². The summed E-state index contributed by atoms with van der Waals surface area (Å²) in [5, 5.41) is 5.92. The van der Waals surface area contributed by atoms with Gasteiger partial charge >= 0.3 is 0 Å². The minimum Gasteiger partial charge on any atom is -0.326 e. The van der Waals surface area contributed by atoms with Gasteiger partial charge in [-0.2, -0.15) is 0 Å². The largest absolute Gasteiger partial charge is 0.326 e. The van der Waals surface area contributed by atoms with Crippen molar-refractivity contribution in [3.63, 3.8) is 0 Å².